The van der Waals surface area contributed by atoms with Crippen LogP contribution in [0, 0.1) is 0 Å². The van der Waals surface area contributed by atoms with Crippen LogP contribution in [0.4, 0.5) is 4.79 Å². The quantitative estimate of drug-likeness (QED) is 0.923. The normalized spacial score (nSPS) is 19.3. The van der Waals surface area contributed by atoms with E-state index in [1.165, 1.54) is 5.69 Å². The highest BCUT2D eigenvalue weighted by molar-refractivity contribution is 5.68. The maximum absolute atomic E-state index is 12.1. The summed E-state index contributed by atoms with van der Waals surface area (Å²) in [6, 6.07) is 2.38. The van der Waals surface area contributed by atoms with Gasteiger partial charge in [0.05, 0.1) is 0 Å². The molecule has 1 aliphatic rings. The molecule has 1 saturated heterocycles. The fourth-order valence-corrected chi connectivity index (χ4v) is 2.69. The van der Waals surface area contributed by atoms with Crippen molar-refractivity contribution in [2.75, 3.05) is 19.6 Å². The molecule has 0 aromatic carbocycles. The van der Waals surface area contributed by atoms with Crippen LogP contribution in [0.3, 0.4) is 0 Å². The predicted molar refractivity (Wildman–Crippen MR) is 85.7 cm³/mol. The van der Waals surface area contributed by atoms with Crippen molar-refractivity contribution in [2.24, 2.45) is 7.05 Å². The molecular formula is C16H28N4O2. The van der Waals surface area contributed by atoms with Crippen LogP contribution < -0.4 is 5.32 Å². The fraction of sp³-hybridized carbons (Fsp3) is 0.750. The van der Waals surface area contributed by atoms with Crippen LogP contribution in [-0.2, 0) is 18.2 Å². The zero-order valence-electron chi connectivity index (χ0n) is 14.1. The molecule has 1 amide bonds. The number of ether oxygens (including phenoxy) is 1. The molecule has 1 unspecified atom stereocenters. The highest BCUT2D eigenvalue weighted by Gasteiger charge is 2.27. The van der Waals surface area contributed by atoms with Gasteiger partial charge in [-0.25, -0.2) is 4.79 Å². The van der Waals surface area contributed by atoms with Crippen LogP contribution in [0.5, 0.6) is 0 Å². The Morgan fingerprint density at radius 3 is 2.91 bits per heavy atom. The van der Waals surface area contributed by atoms with Gasteiger partial charge in [-0.3, -0.25) is 4.68 Å². The maximum atomic E-state index is 12.1. The summed E-state index contributed by atoms with van der Waals surface area (Å²) in [7, 11) is 1.96. The van der Waals surface area contributed by atoms with Crippen molar-refractivity contribution in [1.29, 1.82) is 0 Å². The minimum atomic E-state index is -0.434. The SMILES string of the molecule is Cn1nccc1CCNC1CCCN(C(=O)OC(C)(C)C)C1. The monoisotopic (exact) mass is 308 g/mol. The number of piperidine rings is 1. The van der Waals surface area contributed by atoms with Crippen molar-refractivity contribution in [1.82, 2.24) is 20.0 Å². The number of carbonyl (C=O) groups excluding carboxylic acids is 1. The topological polar surface area (TPSA) is 59.4 Å². The largest absolute Gasteiger partial charge is 0.444 e. The summed E-state index contributed by atoms with van der Waals surface area (Å²) in [5.74, 6) is 0. The minimum Gasteiger partial charge on any atom is -0.444 e. The third-order valence-electron chi connectivity index (χ3n) is 3.81. The molecule has 1 fully saturated rings. The van der Waals surface area contributed by atoms with E-state index in [4.69, 9.17) is 4.74 Å². The second kappa shape index (κ2) is 7.13. The molecule has 0 saturated carbocycles. The summed E-state index contributed by atoms with van der Waals surface area (Å²) in [5.41, 5.74) is 0.782. The molecule has 22 heavy (non-hydrogen) atoms. The predicted octanol–water partition coefficient (Wildman–Crippen LogP) is 1.95. The number of hydrogen-bond donors (Lipinski definition) is 1. The van der Waals surface area contributed by atoms with E-state index >= 15 is 0 Å². The number of nitrogens with zero attached hydrogens (tertiary/aromatic N) is 3. The van der Waals surface area contributed by atoms with Crippen molar-refractivity contribution < 1.29 is 9.53 Å². The zero-order chi connectivity index (χ0) is 16.2. The lowest BCUT2D eigenvalue weighted by molar-refractivity contribution is 0.0188. The summed E-state index contributed by atoms with van der Waals surface area (Å²) >= 11 is 0. The number of aryl methyl sites for hydroxylation is 1. The molecule has 0 aliphatic carbocycles. The molecule has 0 spiro atoms. The lowest BCUT2D eigenvalue weighted by Crippen LogP contribution is -2.49. The van der Waals surface area contributed by atoms with Crippen LogP contribution in [0.25, 0.3) is 0 Å². The van der Waals surface area contributed by atoms with Gasteiger partial charge in [-0.05, 0) is 39.7 Å². The van der Waals surface area contributed by atoms with E-state index in [0.717, 1.165) is 38.9 Å². The molecular weight excluding hydrogens is 280 g/mol. The number of aromatic nitrogens is 2. The van der Waals surface area contributed by atoms with Crippen molar-refractivity contribution in [2.45, 2.75) is 51.7 Å². The van der Waals surface area contributed by atoms with Gasteiger partial charge >= 0.3 is 6.09 Å². The molecule has 1 aromatic rings. The van der Waals surface area contributed by atoms with Crippen molar-refractivity contribution in [3.8, 4) is 0 Å². The second-order valence-corrected chi connectivity index (χ2v) is 6.92. The van der Waals surface area contributed by atoms with Crippen LogP contribution in [-0.4, -0.2) is 52.1 Å². The van der Waals surface area contributed by atoms with E-state index in [-0.39, 0.29) is 6.09 Å². The molecule has 2 rings (SSSR count). The van der Waals surface area contributed by atoms with E-state index < -0.39 is 5.60 Å². The van der Waals surface area contributed by atoms with Gasteiger partial charge in [0.25, 0.3) is 0 Å². The molecule has 2 heterocycles. The molecule has 6 nitrogen and oxygen atoms in total. The highest BCUT2D eigenvalue weighted by atomic mass is 16.6. The Kier molecular flexibility index (Phi) is 5.45. The molecule has 1 aromatic heterocycles. The standard InChI is InChI=1S/C16H28N4O2/c1-16(2,3)22-15(21)20-11-5-6-13(12-20)17-9-7-14-8-10-18-19(14)4/h8,10,13,17H,5-7,9,11-12H2,1-4H3. The molecule has 1 aliphatic heterocycles. The molecule has 0 bridgehead atoms. The molecule has 124 valence electrons. The van der Waals surface area contributed by atoms with E-state index in [1.54, 1.807) is 0 Å². The number of nitrogens with one attached hydrogen (secondary N) is 1. The Labute approximate surface area is 132 Å². The van der Waals surface area contributed by atoms with Crippen LogP contribution in [0.2, 0.25) is 0 Å². The van der Waals surface area contributed by atoms with Gasteiger partial charge < -0.3 is 15.0 Å². The van der Waals surface area contributed by atoms with E-state index in [1.807, 2.05) is 49.7 Å². The second-order valence-electron chi connectivity index (χ2n) is 6.92. The Balaban J connectivity index is 1.76. The van der Waals surface area contributed by atoms with E-state index in [0.29, 0.717) is 6.04 Å². The van der Waals surface area contributed by atoms with Crippen molar-refractivity contribution in [3.05, 3.63) is 18.0 Å². The van der Waals surface area contributed by atoms with Gasteiger partial charge in [0, 0.05) is 51.0 Å². The third kappa shape index (κ3) is 5.02. The average molecular weight is 308 g/mol. The summed E-state index contributed by atoms with van der Waals surface area (Å²) in [6.07, 6.45) is 4.68. The third-order valence-corrected chi connectivity index (χ3v) is 3.81. The van der Waals surface area contributed by atoms with Gasteiger partial charge in [-0.1, -0.05) is 0 Å². The van der Waals surface area contributed by atoms with Gasteiger partial charge in [-0.15, -0.1) is 0 Å². The number of likely N-dealkylation sites (tertiary alicyclic amines) is 1. The minimum absolute atomic E-state index is 0.203. The molecule has 6 heteroatoms. The highest BCUT2D eigenvalue weighted by Crippen LogP contribution is 2.15. The lowest BCUT2D eigenvalue weighted by Gasteiger charge is -2.34. The maximum Gasteiger partial charge on any atom is 0.410 e. The number of amides is 1. The Hall–Kier alpha value is -1.56. The lowest BCUT2D eigenvalue weighted by atomic mass is 10.1. The van der Waals surface area contributed by atoms with E-state index in [9.17, 15) is 4.79 Å². The first-order chi connectivity index (χ1) is 10.3. The zero-order valence-corrected chi connectivity index (χ0v) is 14.1. The average Bonchev–Trinajstić information content (AvgIpc) is 2.83. The summed E-state index contributed by atoms with van der Waals surface area (Å²) in [6.45, 7) is 8.11. The first-order valence-corrected chi connectivity index (χ1v) is 8.03. The van der Waals surface area contributed by atoms with Crippen LogP contribution in [0.1, 0.15) is 39.3 Å². The Morgan fingerprint density at radius 1 is 1.50 bits per heavy atom. The summed E-state index contributed by atoms with van der Waals surface area (Å²) in [5, 5.41) is 7.72. The number of carbonyl (C=O) groups is 1. The molecule has 0 radical (unpaired) electrons. The summed E-state index contributed by atoms with van der Waals surface area (Å²) < 4.78 is 7.35. The van der Waals surface area contributed by atoms with Crippen LogP contribution in [0.15, 0.2) is 12.3 Å². The van der Waals surface area contributed by atoms with Gasteiger partial charge in [0.15, 0.2) is 0 Å². The smallest absolute Gasteiger partial charge is 0.410 e. The Bertz CT molecular complexity index is 493. The van der Waals surface area contributed by atoms with Crippen molar-refractivity contribution >= 4 is 6.09 Å². The molecule has 1 N–H and O–H groups in total. The molecule has 1 atom stereocenters. The first-order valence-electron chi connectivity index (χ1n) is 8.03. The number of rotatable bonds is 4. The summed E-state index contributed by atoms with van der Waals surface area (Å²) in [4.78, 5) is 13.9. The fourth-order valence-electron chi connectivity index (χ4n) is 2.69. The van der Waals surface area contributed by atoms with Gasteiger partial charge in [0.2, 0.25) is 0 Å². The van der Waals surface area contributed by atoms with Crippen LogP contribution >= 0.6 is 0 Å². The number of hydrogen-bond acceptors (Lipinski definition) is 4. The van der Waals surface area contributed by atoms with Gasteiger partial charge in [-0.2, -0.15) is 5.10 Å². The first kappa shape index (κ1) is 16.8. The van der Waals surface area contributed by atoms with E-state index in [2.05, 4.69) is 10.4 Å². The van der Waals surface area contributed by atoms with Gasteiger partial charge in [0.1, 0.15) is 5.60 Å². The van der Waals surface area contributed by atoms with Crippen molar-refractivity contribution in [3.63, 3.8) is 0 Å². The Morgan fingerprint density at radius 2 is 2.27 bits per heavy atom.